The molecule has 1 atom stereocenters. The van der Waals surface area contributed by atoms with Gasteiger partial charge in [0, 0.05) is 58.6 Å². The molecule has 5 aliphatic rings. The van der Waals surface area contributed by atoms with Crippen molar-refractivity contribution in [3.8, 4) is 98.8 Å². The Kier molecular flexibility index (Phi) is 13.8. The number of fused-ring (bicyclic) bond motifs is 28. The molecular weight excluding hydrogens is 1400 g/mol. The van der Waals surface area contributed by atoms with Crippen LogP contribution >= 0.6 is 22.7 Å². The first-order valence-corrected chi connectivity index (χ1v) is 41.0. The Balaban J connectivity index is 0.568. The Morgan fingerprint density at radius 2 is 0.628 bits per heavy atom. The lowest BCUT2D eigenvalue weighted by molar-refractivity contribution is 0.660. The van der Waals surface area contributed by atoms with Gasteiger partial charge in [0.05, 0.1) is 16.5 Å². The molecule has 17 aromatic carbocycles. The Morgan fingerprint density at radius 1 is 0.221 bits per heavy atom. The Labute approximate surface area is 665 Å². The monoisotopic (exact) mass is 1470 g/mol. The minimum Gasteiger partial charge on any atom is -0.310 e. The van der Waals surface area contributed by atoms with Crippen molar-refractivity contribution >= 4 is 87.7 Å². The molecule has 0 saturated heterocycles. The van der Waals surface area contributed by atoms with Gasteiger partial charge in [0.1, 0.15) is 0 Å². The minimum absolute atomic E-state index is 0.288. The SMILES string of the molecule is CC1(C)c2cc(-c3ccc4c(-c5ccc6c7c(sc6c5)-c5ccccc5C75c6ccccc6-c6c(N(c7ccccc7)c7ccc(-c8ccc(-c9ccccc9)cc8)cc7)cccc65)cccc4c3)ccc2-c2ccc(N(c3ccccc3)c3ccc4c(c3)C3(c5ccccc5-c5ccccc53)c3c-4sc4ccccc34)cc21. The normalized spacial score (nSPS) is 14.8. The lowest BCUT2D eigenvalue weighted by Crippen LogP contribution is -2.26. The number of benzene rings is 17. The van der Waals surface area contributed by atoms with E-state index in [9.17, 15) is 0 Å². The number of rotatable bonds is 10. The third kappa shape index (κ3) is 9.05. The molecule has 0 saturated carbocycles. The van der Waals surface area contributed by atoms with Crippen molar-refractivity contribution in [2.24, 2.45) is 0 Å². The molecule has 2 nitrogen and oxygen atoms in total. The number of thiophene rings is 2. The molecule has 1 unspecified atom stereocenters. The average Bonchev–Trinajstić information content (AvgIpc) is 1.50. The molecule has 2 aromatic heterocycles. The van der Waals surface area contributed by atoms with Crippen LogP contribution in [0.15, 0.2) is 388 Å². The van der Waals surface area contributed by atoms with Gasteiger partial charge in [-0.15, -0.1) is 22.7 Å². The van der Waals surface area contributed by atoms with Gasteiger partial charge in [0.25, 0.3) is 0 Å². The van der Waals surface area contributed by atoms with Gasteiger partial charge in [0.2, 0.25) is 0 Å². The molecule has 0 amide bonds. The molecule has 113 heavy (non-hydrogen) atoms. The van der Waals surface area contributed by atoms with Crippen molar-refractivity contribution in [3.05, 3.63) is 444 Å². The second-order valence-electron chi connectivity index (χ2n) is 31.6. The van der Waals surface area contributed by atoms with Crippen LogP contribution in [0.2, 0.25) is 0 Å². The molecule has 2 spiro atoms. The number of para-hydroxylation sites is 2. The minimum atomic E-state index is -0.554. The summed E-state index contributed by atoms with van der Waals surface area (Å²) in [5.74, 6) is 0. The van der Waals surface area contributed by atoms with E-state index in [1.54, 1.807) is 0 Å². The van der Waals surface area contributed by atoms with Gasteiger partial charge in [0.15, 0.2) is 0 Å². The van der Waals surface area contributed by atoms with Gasteiger partial charge >= 0.3 is 0 Å². The second kappa shape index (κ2) is 24.3. The zero-order valence-corrected chi connectivity index (χ0v) is 63.8. The number of hydrogen-bond acceptors (Lipinski definition) is 4. The van der Waals surface area contributed by atoms with Crippen LogP contribution < -0.4 is 9.80 Å². The summed E-state index contributed by atoms with van der Waals surface area (Å²) in [7, 11) is 0. The van der Waals surface area contributed by atoms with Gasteiger partial charge in [-0.1, -0.05) is 311 Å². The van der Waals surface area contributed by atoms with Crippen LogP contribution in [0.25, 0.3) is 130 Å². The third-order valence-electron chi connectivity index (χ3n) is 25.7. The van der Waals surface area contributed by atoms with E-state index in [4.69, 9.17) is 0 Å². The summed E-state index contributed by atoms with van der Waals surface area (Å²) in [6, 6.07) is 147. The van der Waals surface area contributed by atoms with Crippen molar-refractivity contribution in [2.75, 3.05) is 9.80 Å². The highest BCUT2D eigenvalue weighted by molar-refractivity contribution is 7.23. The maximum absolute atomic E-state index is 2.54. The highest BCUT2D eigenvalue weighted by Gasteiger charge is 2.56. The van der Waals surface area contributed by atoms with Crippen LogP contribution in [0.5, 0.6) is 0 Å². The molecule has 0 fully saturated rings. The summed E-state index contributed by atoms with van der Waals surface area (Å²) in [5.41, 5.74) is 39.1. The van der Waals surface area contributed by atoms with E-state index in [1.165, 1.54) is 185 Å². The maximum Gasteiger partial charge on any atom is 0.0740 e. The van der Waals surface area contributed by atoms with Crippen molar-refractivity contribution < 1.29 is 0 Å². The molecule has 528 valence electrons. The number of nitrogens with zero attached hydrogens (tertiary/aromatic N) is 2. The molecule has 5 aliphatic carbocycles. The van der Waals surface area contributed by atoms with Crippen LogP contribution in [-0.2, 0) is 16.2 Å². The van der Waals surface area contributed by atoms with E-state index in [2.05, 4.69) is 412 Å². The van der Waals surface area contributed by atoms with Crippen molar-refractivity contribution in [3.63, 3.8) is 0 Å². The maximum atomic E-state index is 2.54. The molecule has 24 rings (SSSR count). The van der Waals surface area contributed by atoms with Crippen molar-refractivity contribution in [2.45, 2.75) is 30.1 Å². The molecule has 2 heterocycles. The van der Waals surface area contributed by atoms with Crippen LogP contribution in [0, 0.1) is 0 Å². The fourth-order valence-electron chi connectivity index (χ4n) is 20.8. The fourth-order valence-corrected chi connectivity index (χ4v) is 23.5. The summed E-state index contributed by atoms with van der Waals surface area (Å²) in [6.45, 7) is 4.85. The zero-order chi connectivity index (χ0) is 74.4. The highest BCUT2D eigenvalue weighted by Crippen LogP contribution is 2.70. The Morgan fingerprint density at radius 3 is 1.31 bits per heavy atom. The van der Waals surface area contributed by atoms with Gasteiger partial charge in [-0.2, -0.15) is 0 Å². The Bertz CT molecular complexity index is 7160. The number of hydrogen-bond donors (Lipinski definition) is 0. The predicted molar refractivity (Wildman–Crippen MR) is 476 cm³/mol. The Hall–Kier alpha value is -13.5. The first kappa shape index (κ1) is 64.3. The van der Waals surface area contributed by atoms with Crippen LogP contribution in [0.1, 0.15) is 69.5 Å². The first-order valence-electron chi connectivity index (χ1n) is 39.3. The zero-order valence-electron chi connectivity index (χ0n) is 62.2. The lowest BCUT2D eigenvalue weighted by atomic mass is 9.70. The molecular formula is C109H70N2S2. The molecule has 0 radical (unpaired) electrons. The molecule has 0 N–H and O–H groups in total. The van der Waals surface area contributed by atoms with Crippen LogP contribution in [-0.4, -0.2) is 0 Å². The summed E-state index contributed by atoms with van der Waals surface area (Å²) in [5, 5.41) is 5.12. The van der Waals surface area contributed by atoms with Crippen LogP contribution in [0.3, 0.4) is 0 Å². The molecule has 19 aromatic rings. The number of anilines is 6. The van der Waals surface area contributed by atoms with E-state index in [0.29, 0.717) is 0 Å². The van der Waals surface area contributed by atoms with E-state index in [0.717, 1.165) is 34.1 Å². The van der Waals surface area contributed by atoms with Gasteiger partial charge < -0.3 is 9.80 Å². The largest absolute Gasteiger partial charge is 0.310 e. The molecule has 4 heteroatoms. The van der Waals surface area contributed by atoms with Crippen molar-refractivity contribution in [1.29, 1.82) is 0 Å². The van der Waals surface area contributed by atoms with Gasteiger partial charge in [-0.05, 0) is 252 Å². The van der Waals surface area contributed by atoms with Crippen LogP contribution in [0.4, 0.5) is 34.1 Å². The van der Waals surface area contributed by atoms with E-state index in [1.807, 2.05) is 22.7 Å². The lowest BCUT2D eigenvalue weighted by Gasteiger charge is -2.32. The topological polar surface area (TPSA) is 6.48 Å². The summed E-state index contributed by atoms with van der Waals surface area (Å²) in [4.78, 5) is 7.69. The van der Waals surface area contributed by atoms with E-state index in [-0.39, 0.29) is 5.41 Å². The van der Waals surface area contributed by atoms with Gasteiger partial charge in [-0.25, -0.2) is 0 Å². The van der Waals surface area contributed by atoms with E-state index < -0.39 is 10.8 Å². The highest BCUT2D eigenvalue weighted by atomic mass is 32.1. The van der Waals surface area contributed by atoms with Crippen molar-refractivity contribution in [1.82, 2.24) is 0 Å². The second-order valence-corrected chi connectivity index (χ2v) is 33.7. The average molecular weight is 1470 g/mol. The summed E-state index contributed by atoms with van der Waals surface area (Å²) in [6.07, 6.45) is 0. The standard InChI is InChI=1S/C109H70N2S2/c1-107(2)96-63-72(51-58-84(96)85-60-55-78(65-97(85)107)110(75-27-8-4-9-28-75)79-56-61-88-98(66-79)109(103-89-35-16-21-43-100(89)112-106(88)103)91-37-17-12-31-82(91)83-32-13-18-38-92(83)109)71-50-57-81-73(62-71)26-22-36-80(81)74-52-59-90-101(64-74)113-105-87-34-15-20-40-94(87)108(104(90)105)93-39-19-14-33-86(93)102-95(108)41-23-42-99(102)111(76-29-10-5-11-30-76)77-53-48-70(49-54-77)69-46-44-68(45-47-69)67-24-6-3-7-25-67/h3-66H,1-2H3. The first-order chi connectivity index (χ1) is 55.8. The summed E-state index contributed by atoms with van der Waals surface area (Å²) >= 11 is 3.89. The van der Waals surface area contributed by atoms with Gasteiger partial charge in [-0.3, -0.25) is 0 Å². The smallest absolute Gasteiger partial charge is 0.0740 e. The molecule has 0 bridgehead atoms. The predicted octanol–water partition coefficient (Wildman–Crippen LogP) is 29.9. The quantitative estimate of drug-likeness (QED) is 0.135. The molecule has 0 aliphatic heterocycles. The summed E-state index contributed by atoms with van der Waals surface area (Å²) < 4.78 is 2.63. The third-order valence-corrected chi connectivity index (χ3v) is 28.1. The fraction of sp³-hybridized carbons (Fsp3) is 0.0459. The van der Waals surface area contributed by atoms with E-state index >= 15 is 0 Å².